The summed E-state index contributed by atoms with van der Waals surface area (Å²) >= 11 is 0. The van der Waals surface area contributed by atoms with Crippen molar-refractivity contribution in [3.8, 4) is 0 Å². The van der Waals surface area contributed by atoms with Crippen LogP contribution < -0.4 is 0 Å². The summed E-state index contributed by atoms with van der Waals surface area (Å²) in [5.41, 5.74) is 0. The fourth-order valence-corrected chi connectivity index (χ4v) is 1.21. The molecule has 54 valence electrons. The molecular formula is C6H12FNO. The second-order valence-corrected chi connectivity index (χ2v) is 2.68. The molecule has 2 atom stereocenters. The number of rotatable bonds is 1. The molecule has 1 rings (SSSR count). The van der Waals surface area contributed by atoms with Crippen molar-refractivity contribution in [3.63, 3.8) is 0 Å². The Morgan fingerprint density at radius 3 is 2.56 bits per heavy atom. The first kappa shape index (κ1) is 6.96. The predicted octanol–water partition coefficient (Wildman–Crippen LogP) is -0.122. The molecule has 1 aliphatic heterocycles. The molecule has 1 heterocycles. The zero-order valence-electron chi connectivity index (χ0n) is 5.55. The number of hydrogen-bond acceptors (Lipinski definition) is 2. The van der Waals surface area contributed by atoms with Crippen molar-refractivity contribution >= 4 is 0 Å². The summed E-state index contributed by atoms with van der Waals surface area (Å²) in [6.07, 6.45) is -0.819. The Labute approximate surface area is 54.3 Å². The molecule has 2 nitrogen and oxygen atoms in total. The van der Waals surface area contributed by atoms with Gasteiger partial charge in [0.2, 0.25) is 0 Å². The molecule has 0 amide bonds. The van der Waals surface area contributed by atoms with Gasteiger partial charge in [0, 0.05) is 25.6 Å². The van der Waals surface area contributed by atoms with Crippen LogP contribution in [-0.4, -0.2) is 42.9 Å². The van der Waals surface area contributed by atoms with Gasteiger partial charge in [0.1, 0.15) is 6.17 Å². The Hall–Kier alpha value is -0.150. The Balaban J connectivity index is 2.38. The molecule has 0 aromatic carbocycles. The second-order valence-electron chi connectivity index (χ2n) is 2.68. The van der Waals surface area contributed by atoms with Crippen LogP contribution in [0.2, 0.25) is 0 Å². The van der Waals surface area contributed by atoms with Crippen LogP contribution in [0.25, 0.3) is 0 Å². The Morgan fingerprint density at radius 2 is 2.33 bits per heavy atom. The van der Waals surface area contributed by atoms with E-state index in [2.05, 4.69) is 0 Å². The fraction of sp³-hybridized carbons (Fsp3) is 1.00. The van der Waals surface area contributed by atoms with Crippen molar-refractivity contribution in [2.45, 2.75) is 6.17 Å². The zero-order chi connectivity index (χ0) is 6.85. The summed E-state index contributed by atoms with van der Waals surface area (Å²) < 4.78 is 12.6. The summed E-state index contributed by atoms with van der Waals surface area (Å²) in [5, 5.41) is 8.59. The second kappa shape index (κ2) is 2.62. The Kier molecular flexibility index (Phi) is 2.03. The molecule has 0 spiro atoms. The minimum absolute atomic E-state index is 0.0223. The van der Waals surface area contributed by atoms with Gasteiger partial charge in [-0.2, -0.15) is 0 Å². The Bertz CT molecular complexity index is 99.1. The van der Waals surface area contributed by atoms with Crippen molar-refractivity contribution in [1.82, 2.24) is 4.90 Å². The van der Waals surface area contributed by atoms with Crippen LogP contribution in [-0.2, 0) is 0 Å². The van der Waals surface area contributed by atoms with Crippen molar-refractivity contribution in [1.29, 1.82) is 0 Å². The molecule has 0 saturated carbocycles. The van der Waals surface area contributed by atoms with Gasteiger partial charge in [-0.1, -0.05) is 0 Å². The van der Waals surface area contributed by atoms with Crippen molar-refractivity contribution in [2.75, 3.05) is 26.7 Å². The predicted molar refractivity (Wildman–Crippen MR) is 33.0 cm³/mol. The van der Waals surface area contributed by atoms with E-state index >= 15 is 0 Å². The highest BCUT2D eigenvalue weighted by atomic mass is 19.1. The highest BCUT2D eigenvalue weighted by molar-refractivity contribution is 4.81. The topological polar surface area (TPSA) is 23.5 Å². The van der Waals surface area contributed by atoms with E-state index in [1.54, 1.807) is 0 Å². The van der Waals surface area contributed by atoms with Gasteiger partial charge in [-0.15, -0.1) is 0 Å². The maximum atomic E-state index is 12.6. The third kappa shape index (κ3) is 1.40. The molecule has 9 heavy (non-hydrogen) atoms. The average molecular weight is 133 g/mol. The van der Waals surface area contributed by atoms with Crippen LogP contribution >= 0.6 is 0 Å². The van der Waals surface area contributed by atoms with E-state index in [1.807, 2.05) is 11.9 Å². The molecule has 3 heteroatoms. The van der Waals surface area contributed by atoms with Gasteiger partial charge in [-0.25, -0.2) is 4.39 Å². The van der Waals surface area contributed by atoms with E-state index in [1.165, 1.54) is 0 Å². The molecule has 0 aliphatic carbocycles. The molecule has 0 aromatic rings. The van der Waals surface area contributed by atoms with Gasteiger partial charge in [-0.05, 0) is 7.05 Å². The fourth-order valence-electron chi connectivity index (χ4n) is 1.21. The molecule has 1 aliphatic rings. The number of aliphatic hydroxyl groups excluding tert-OH is 1. The molecule has 0 unspecified atom stereocenters. The highest BCUT2D eigenvalue weighted by Gasteiger charge is 2.29. The maximum Gasteiger partial charge on any atom is 0.119 e. The maximum absolute atomic E-state index is 12.6. The first-order valence-electron chi connectivity index (χ1n) is 3.17. The molecule has 1 N–H and O–H groups in total. The number of likely N-dealkylation sites (tertiary alicyclic amines) is 1. The first-order chi connectivity index (χ1) is 4.24. The van der Waals surface area contributed by atoms with Gasteiger partial charge in [0.15, 0.2) is 0 Å². The third-order valence-electron chi connectivity index (χ3n) is 1.78. The lowest BCUT2D eigenvalue weighted by Crippen LogP contribution is -2.16. The third-order valence-corrected chi connectivity index (χ3v) is 1.78. The molecular weight excluding hydrogens is 121 g/mol. The van der Waals surface area contributed by atoms with Crippen LogP contribution in [0, 0.1) is 5.92 Å². The van der Waals surface area contributed by atoms with Gasteiger partial charge < -0.3 is 10.0 Å². The number of nitrogens with zero attached hydrogens (tertiary/aromatic N) is 1. The van der Waals surface area contributed by atoms with Crippen LogP contribution in [0.3, 0.4) is 0 Å². The minimum Gasteiger partial charge on any atom is -0.396 e. The van der Waals surface area contributed by atoms with E-state index < -0.39 is 6.17 Å². The van der Waals surface area contributed by atoms with Crippen LogP contribution in [0.15, 0.2) is 0 Å². The Morgan fingerprint density at radius 1 is 1.67 bits per heavy atom. The van der Waals surface area contributed by atoms with Crippen molar-refractivity contribution < 1.29 is 9.50 Å². The highest BCUT2D eigenvalue weighted by Crippen LogP contribution is 2.17. The normalized spacial score (nSPS) is 37.7. The smallest absolute Gasteiger partial charge is 0.119 e. The number of aliphatic hydroxyl groups is 1. The summed E-state index contributed by atoms with van der Waals surface area (Å²) in [5.74, 6) is -0.144. The van der Waals surface area contributed by atoms with Crippen LogP contribution in [0.1, 0.15) is 0 Å². The van der Waals surface area contributed by atoms with Crippen molar-refractivity contribution in [3.05, 3.63) is 0 Å². The van der Waals surface area contributed by atoms with Crippen LogP contribution in [0.5, 0.6) is 0 Å². The molecule has 1 saturated heterocycles. The summed E-state index contributed by atoms with van der Waals surface area (Å²) in [7, 11) is 1.86. The van der Waals surface area contributed by atoms with Gasteiger partial charge >= 0.3 is 0 Å². The largest absolute Gasteiger partial charge is 0.396 e. The quantitative estimate of drug-likeness (QED) is 0.539. The molecule has 0 bridgehead atoms. The monoisotopic (exact) mass is 133 g/mol. The molecule has 0 radical (unpaired) electrons. The zero-order valence-corrected chi connectivity index (χ0v) is 5.55. The van der Waals surface area contributed by atoms with Gasteiger partial charge in [0.25, 0.3) is 0 Å². The van der Waals surface area contributed by atoms with E-state index in [9.17, 15) is 4.39 Å². The standard InChI is InChI=1S/C6H12FNO/c1-8-2-5(4-9)6(7)3-8/h5-6,9H,2-4H2,1H3/t5-,6+/m0/s1. The lowest BCUT2D eigenvalue weighted by atomic mass is 10.1. The lowest BCUT2D eigenvalue weighted by molar-refractivity contribution is 0.174. The van der Waals surface area contributed by atoms with Gasteiger partial charge in [-0.3, -0.25) is 0 Å². The van der Waals surface area contributed by atoms with E-state index in [0.717, 1.165) is 0 Å². The van der Waals surface area contributed by atoms with Gasteiger partial charge in [0.05, 0.1) is 0 Å². The molecule has 0 aromatic heterocycles. The SMILES string of the molecule is CN1C[C@@H](CO)[C@H](F)C1. The number of halogens is 1. The summed E-state index contributed by atoms with van der Waals surface area (Å²) in [6, 6.07) is 0. The van der Waals surface area contributed by atoms with E-state index in [4.69, 9.17) is 5.11 Å². The number of alkyl halides is 1. The van der Waals surface area contributed by atoms with E-state index in [0.29, 0.717) is 13.1 Å². The lowest BCUT2D eigenvalue weighted by Gasteiger charge is -2.05. The summed E-state index contributed by atoms with van der Waals surface area (Å²) in [4.78, 5) is 1.89. The van der Waals surface area contributed by atoms with Crippen molar-refractivity contribution in [2.24, 2.45) is 5.92 Å². The average Bonchev–Trinajstić information content (AvgIpc) is 2.10. The first-order valence-corrected chi connectivity index (χ1v) is 3.17. The number of hydrogen-bond donors (Lipinski definition) is 1. The van der Waals surface area contributed by atoms with E-state index in [-0.39, 0.29) is 12.5 Å². The minimum atomic E-state index is -0.819. The van der Waals surface area contributed by atoms with Crippen LogP contribution in [0.4, 0.5) is 4.39 Å². The molecule has 1 fully saturated rings. The summed E-state index contributed by atoms with van der Waals surface area (Å²) in [6.45, 7) is 1.15.